The summed E-state index contributed by atoms with van der Waals surface area (Å²) in [4.78, 5) is 4.44. The lowest BCUT2D eigenvalue weighted by molar-refractivity contribution is 0.581. The number of rotatable bonds is 7. The molecule has 6 nitrogen and oxygen atoms in total. The third-order valence-electron chi connectivity index (χ3n) is 3.36. The van der Waals surface area contributed by atoms with E-state index in [1.807, 2.05) is 12.1 Å². The normalized spacial score (nSPS) is 15.0. The van der Waals surface area contributed by atoms with Crippen LogP contribution in [0.2, 0.25) is 0 Å². The Morgan fingerprint density at radius 1 is 1.22 bits per heavy atom. The van der Waals surface area contributed by atoms with E-state index in [1.165, 1.54) is 0 Å². The largest absolute Gasteiger partial charge is 0.356 e. The first kappa shape index (κ1) is 20.2. The highest BCUT2D eigenvalue weighted by atomic mass is 127. The Hall–Kier alpha value is -0.870. The van der Waals surface area contributed by atoms with Crippen molar-refractivity contribution in [1.29, 1.82) is 0 Å². The molecule has 1 aliphatic rings. The fraction of sp³-hybridized carbons (Fsp3) is 0.533. The Kier molecular flexibility index (Phi) is 8.27. The molecule has 0 heterocycles. The van der Waals surface area contributed by atoms with Gasteiger partial charge in [-0.2, -0.15) is 0 Å². The first-order chi connectivity index (χ1) is 10.5. The summed E-state index contributed by atoms with van der Waals surface area (Å²) in [6.45, 7) is 3.55. The van der Waals surface area contributed by atoms with Crippen LogP contribution in [-0.4, -0.2) is 34.0 Å². The molecule has 1 aromatic carbocycles. The molecule has 1 saturated carbocycles. The second-order valence-electron chi connectivity index (χ2n) is 5.39. The molecule has 0 saturated heterocycles. The molecule has 0 aromatic heterocycles. The molecule has 130 valence electrons. The molecule has 0 radical (unpaired) electrons. The number of guanidine groups is 1. The van der Waals surface area contributed by atoms with Crippen LogP contribution in [0.5, 0.6) is 0 Å². The number of benzene rings is 1. The van der Waals surface area contributed by atoms with Crippen LogP contribution in [0.4, 0.5) is 0 Å². The molecule has 0 aliphatic heterocycles. The van der Waals surface area contributed by atoms with Crippen molar-refractivity contribution in [2.75, 3.05) is 13.6 Å². The van der Waals surface area contributed by atoms with Gasteiger partial charge in [0.1, 0.15) is 0 Å². The summed E-state index contributed by atoms with van der Waals surface area (Å²) < 4.78 is 26.8. The van der Waals surface area contributed by atoms with Gasteiger partial charge in [0.05, 0.1) is 4.90 Å². The zero-order valence-corrected chi connectivity index (χ0v) is 16.6. The predicted molar refractivity (Wildman–Crippen MR) is 104 cm³/mol. The first-order valence-corrected chi connectivity index (χ1v) is 9.09. The van der Waals surface area contributed by atoms with E-state index in [0.29, 0.717) is 11.4 Å². The molecule has 1 fully saturated rings. The minimum atomic E-state index is -3.37. The number of nitrogens with zero attached hydrogens (tertiary/aromatic N) is 1. The molecule has 0 bridgehead atoms. The summed E-state index contributed by atoms with van der Waals surface area (Å²) in [6, 6.07) is 7.05. The van der Waals surface area contributed by atoms with Gasteiger partial charge in [0.2, 0.25) is 10.0 Å². The van der Waals surface area contributed by atoms with Gasteiger partial charge in [-0.25, -0.2) is 13.1 Å². The predicted octanol–water partition coefficient (Wildman–Crippen LogP) is 1.82. The zero-order chi connectivity index (χ0) is 16.0. The Balaban J connectivity index is 0.00000264. The van der Waals surface area contributed by atoms with E-state index in [-0.39, 0.29) is 30.0 Å². The minimum Gasteiger partial charge on any atom is -0.356 e. The van der Waals surface area contributed by atoms with E-state index in [1.54, 1.807) is 19.2 Å². The average Bonchev–Trinajstić information content (AvgIpc) is 3.31. The maximum Gasteiger partial charge on any atom is 0.240 e. The van der Waals surface area contributed by atoms with Crippen LogP contribution >= 0.6 is 24.0 Å². The van der Waals surface area contributed by atoms with Gasteiger partial charge in [-0.1, -0.05) is 19.1 Å². The Morgan fingerprint density at radius 3 is 2.39 bits per heavy atom. The average molecular weight is 452 g/mol. The van der Waals surface area contributed by atoms with Crippen LogP contribution in [0.15, 0.2) is 34.2 Å². The quantitative estimate of drug-likeness (QED) is 0.335. The Morgan fingerprint density at radius 2 is 1.87 bits per heavy atom. The SMILES string of the molecule is CCCNC(=NC)NCc1ccc(S(=O)(=O)NC2CC2)cc1.I. The molecule has 1 aromatic rings. The molecule has 0 unspecified atom stereocenters. The summed E-state index contributed by atoms with van der Waals surface area (Å²) in [5.41, 5.74) is 1.00. The second-order valence-corrected chi connectivity index (χ2v) is 7.11. The molecule has 2 rings (SSSR count). The molecule has 1 aliphatic carbocycles. The van der Waals surface area contributed by atoms with Crippen molar-refractivity contribution in [1.82, 2.24) is 15.4 Å². The number of halogens is 1. The van der Waals surface area contributed by atoms with Gasteiger partial charge in [0.25, 0.3) is 0 Å². The van der Waals surface area contributed by atoms with Crippen LogP contribution in [0.3, 0.4) is 0 Å². The zero-order valence-electron chi connectivity index (χ0n) is 13.5. The van der Waals surface area contributed by atoms with E-state index in [0.717, 1.165) is 37.3 Å². The number of sulfonamides is 1. The monoisotopic (exact) mass is 452 g/mol. The first-order valence-electron chi connectivity index (χ1n) is 7.61. The van der Waals surface area contributed by atoms with Crippen LogP contribution < -0.4 is 15.4 Å². The molecule has 8 heteroatoms. The number of nitrogens with one attached hydrogen (secondary N) is 3. The summed E-state index contributed by atoms with van der Waals surface area (Å²) in [6.07, 6.45) is 2.90. The number of hydrogen-bond donors (Lipinski definition) is 3. The third-order valence-corrected chi connectivity index (χ3v) is 4.90. The van der Waals surface area contributed by atoms with Gasteiger partial charge in [0, 0.05) is 26.2 Å². The van der Waals surface area contributed by atoms with Gasteiger partial charge >= 0.3 is 0 Å². The molecular formula is C15H25IN4O2S. The summed E-state index contributed by atoms with van der Waals surface area (Å²) in [5.74, 6) is 0.744. The fourth-order valence-corrected chi connectivity index (χ4v) is 3.23. The maximum absolute atomic E-state index is 12.1. The van der Waals surface area contributed by atoms with Gasteiger partial charge < -0.3 is 10.6 Å². The van der Waals surface area contributed by atoms with Crippen molar-refractivity contribution >= 4 is 40.0 Å². The number of aliphatic imine (C=N–C) groups is 1. The van der Waals surface area contributed by atoms with E-state index < -0.39 is 10.0 Å². The second kappa shape index (κ2) is 9.43. The van der Waals surface area contributed by atoms with Crippen molar-refractivity contribution in [3.05, 3.63) is 29.8 Å². The van der Waals surface area contributed by atoms with Crippen molar-refractivity contribution < 1.29 is 8.42 Å². The maximum atomic E-state index is 12.1. The van der Waals surface area contributed by atoms with E-state index in [9.17, 15) is 8.42 Å². The molecule has 3 N–H and O–H groups in total. The van der Waals surface area contributed by atoms with Crippen LogP contribution in [0.1, 0.15) is 31.7 Å². The lowest BCUT2D eigenvalue weighted by atomic mass is 10.2. The minimum absolute atomic E-state index is 0. The summed E-state index contributed by atoms with van der Waals surface area (Å²) in [7, 11) is -1.64. The molecule has 0 amide bonds. The van der Waals surface area contributed by atoms with Crippen LogP contribution in [0, 0.1) is 0 Å². The summed E-state index contributed by atoms with van der Waals surface area (Å²) in [5, 5.41) is 6.38. The van der Waals surface area contributed by atoms with Crippen molar-refractivity contribution in [2.45, 2.75) is 43.7 Å². The standard InChI is InChI=1S/C15H24N4O2S.HI/c1-3-10-17-15(16-2)18-11-12-4-8-14(9-5-12)22(20,21)19-13-6-7-13;/h4-5,8-9,13,19H,3,6-7,10-11H2,1-2H3,(H2,16,17,18);1H. The topological polar surface area (TPSA) is 82.6 Å². The molecule has 0 spiro atoms. The highest BCUT2D eigenvalue weighted by molar-refractivity contribution is 14.0. The molecule has 23 heavy (non-hydrogen) atoms. The van der Waals surface area contributed by atoms with E-state index in [2.05, 4.69) is 27.3 Å². The van der Waals surface area contributed by atoms with Crippen molar-refractivity contribution in [2.24, 2.45) is 4.99 Å². The van der Waals surface area contributed by atoms with Crippen molar-refractivity contribution in [3.63, 3.8) is 0 Å². The molecular weight excluding hydrogens is 427 g/mol. The number of hydrogen-bond acceptors (Lipinski definition) is 3. The lowest BCUT2D eigenvalue weighted by Crippen LogP contribution is -2.37. The van der Waals surface area contributed by atoms with Gasteiger partial charge in [-0.05, 0) is 37.0 Å². The Bertz CT molecular complexity index is 613. The van der Waals surface area contributed by atoms with Gasteiger partial charge in [-0.15, -0.1) is 24.0 Å². The Labute approximate surface area is 155 Å². The van der Waals surface area contributed by atoms with Crippen molar-refractivity contribution in [3.8, 4) is 0 Å². The van der Waals surface area contributed by atoms with Gasteiger partial charge in [-0.3, -0.25) is 4.99 Å². The van der Waals surface area contributed by atoms with E-state index >= 15 is 0 Å². The highest BCUT2D eigenvalue weighted by Crippen LogP contribution is 2.22. The fourth-order valence-electron chi connectivity index (χ4n) is 1.92. The van der Waals surface area contributed by atoms with Gasteiger partial charge in [0.15, 0.2) is 5.96 Å². The highest BCUT2D eigenvalue weighted by Gasteiger charge is 2.27. The summed E-state index contributed by atoms with van der Waals surface area (Å²) >= 11 is 0. The smallest absolute Gasteiger partial charge is 0.240 e. The lowest BCUT2D eigenvalue weighted by Gasteiger charge is -2.11. The van der Waals surface area contributed by atoms with Crippen LogP contribution in [-0.2, 0) is 16.6 Å². The molecule has 0 atom stereocenters. The third kappa shape index (κ3) is 6.64. The van der Waals surface area contributed by atoms with Crippen LogP contribution in [0.25, 0.3) is 0 Å². The van der Waals surface area contributed by atoms with E-state index in [4.69, 9.17) is 0 Å².